The van der Waals surface area contributed by atoms with Crippen LogP contribution in [0.5, 0.6) is 0 Å². The van der Waals surface area contributed by atoms with Crippen molar-refractivity contribution >= 4 is 35.2 Å². The second kappa shape index (κ2) is 8.86. The first-order chi connectivity index (χ1) is 14.3. The Labute approximate surface area is 176 Å². The third kappa shape index (κ3) is 4.22. The molecule has 2 aromatic carbocycles. The molecule has 0 atom stereocenters. The number of nitrogens with one attached hydrogen (secondary N) is 1. The minimum atomic E-state index is -0.366. The molecule has 1 N–H and O–H groups in total. The minimum absolute atomic E-state index is 0.0160. The van der Waals surface area contributed by atoms with Crippen LogP contribution in [0.25, 0.3) is 5.57 Å². The van der Waals surface area contributed by atoms with Crippen molar-refractivity contribution in [2.24, 2.45) is 4.99 Å². The van der Waals surface area contributed by atoms with E-state index in [1.165, 1.54) is 7.05 Å². The maximum absolute atomic E-state index is 12.6. The van der Waals surface area contributed by atoms with Gasteiger partial charge in [-0.3, -0.25) is 24.3 Å². The zero-order chi connectivity index (χ0) is 21.8. The molecule has 154 valence electrons. The van der Waals surface area contributed by atoms with E-state index >= 15 is 0 Å². The molecule has 3 amide bonds. The molecule has 30 heavy (non-hydrogen) atoms. The lowest BCUT2D eigenvalue weighted by molar-refractivity contribution is -0.115. The summed E-state index contributed by atoms with van der Waals surface area (Å²) in [6, 6.07) is 11.0. The Hall–Kier alpha value is -3.54. The van der Waals surface area contributed by atoms with Crippen LogP contribution < -0.4 is 5.32 Å². The predicted molar refractivity (Wildman–Crippen MR) is 119 cm³/mol. The monoisotopic (exact) mass is 403 g/mol. The van der Waals surface area contributed by atoms with E-state index in [2.05, 4.69) is 23.3 Å². The molecule has 0 saturated carbocycles. The van der Waals surface area contributed by atoms with E-state index in [-0.39, 0.29) is 24.1 Å². The number of allylic oxidation sites excluding steroid dienone is 2. The van der Waals surface area contributed by atoms with E-state index in [1.54, 1.807) is 19.2 Å². The first-order valence-electron chi connectivity index (χ1n) is 9.84. The molecule has 6 nitrogen and oxygen atoms in total. The quantitative estimate of drug-likeness (QED) is 0.587. The zero-order valence-electron chi connectivity index (χ0n) is 17.7. The third-order valence-electron chi connectivity index (χ3n) is 4.96. The van der Waals surface area contributed by atoms with Crippen molar-refractivity contribution in [3.8, 4) is 0 Å². The van der Waals surface area contributed by atoms with Gasteiger partial charge in [-0.05, 0) is 53.8 Å². The van der Waals surface area contributed by atoms with Crippen LogP contribution in [0.1, 0.15) is 50.8 Å². The second-order valence-electron chi connectivity index (χ2n) is 7.27. The largest absolute Gasteiger partial charge is 0.326 e. The molecule has 0 fully saturated rings. The normalized spacial score (nSPS) is 13.9. The van der Waals surface area contributed by atoms with Gasteiger partial charge in [0, 0.05) is 26.0 Å². The van der Waals surface area contributed by atoms with Gasteiger partial charge in [-0.15, -0.1) is 0 Å². The van der Waals surface area contributed by atoms with Gasteiger partial charge < -0.3 is 5.32 Å². The average molecular weight is 403 g/mol. The van der Waals surface area contributed by atoms with Crippen molar-refractivity contribution in [2.45, 2.75) is 26.7 Å². The fraction of sp³-hybridized carbons (Fsp3) is 0.250. The van der Waals surface area contributed by atoms with Crippen LogP contribution >= 0.6 is 0 Å². The molecule has 0 aliphatic carbocycles. The third-order valence-corrected chi connectivity index (χ3v) is 4.96. The van der Waals surface area contributed by atoms with Crippen LogP contribution in [0.15, 0.2) is 47.5 Å². The predicted octanol–water partition coefficient (Wildman–Crippen LogP) is 3.90. The van der Waals surface area contributed by atoms with Crippen molar-refractivity contribution in [1.82, 2.24) is 4.90 Å². The first-order valence-corrected chi connectivity index (χ1v) is 9.84. The van der Waals surface area contributed by atoms with Crippen LogP contribution in [-0.2, 0) is 11.2 Å². The summed E-state index contributed by atoms with van der Waals surface area (Å²) in [5.41, 5.74) is 4.80. The van der Waals surface area contributed by atoms with Gasteiger partial charge in [0.25, 0.3) is 11.8 Å². The number of aliphatic imine (C=N–C) groups is 1. The van der Waals surface area contributed by atoms with Gasteiger partial charge in [0.15, 0.2) is 0 Å². The number of fused-ring (bicyclic) bond motifs is 1. The van der Waals surface area contributed by atoms with Crippen LogP contribution in [-0.4, -0.2) is 42.9 Å². The van der Waals surface area contributed by atoms with E-state index in [0.29, 0.717) is 22.4 Å². The van der Waals surface area contributed by atoms with E-state index in [0.717, 1.165) is 28.0 Å². The molecule has 0 aromatic heterocycles. The summed E-state index contributed by atoms with van der Waals surface area (Å²) in [4.78, 5) is 42.5. The summed E-state index contributed by atoms with van der Waals surface area (Å²) < 4.78 is 0. The number of imide groups is 1. The Morgan fingerprint density at radius 3 is 2.47 bits per heavy atom. The molecule has 0 bridgehead atoms. The fourth-order valence-electron chi connectivity index (χ4n) is 3.59. The molecule has 6 heteroatoms. The highest BCUT2D eigenvalue weighted by Crippen LogP contribution is 2.27. The number of aryl methyl sites for hydroxylation is 1. The summed E-state index contributed by atoms with van der Waals surface area (Å²) in [5, 5.41) is 2.87. The number of carbonyl (C=O) groups excluding carboxylic acids is 3. The van der Waals surface area contributed by atoms with Crippen LogP contribution in [0.3, 0.4) is 0 Å². The van der Waals surface area contributed by atoms with E-state index in [9.17, 15) is 14.4 Å². The lowest BCUT2D eigenvalue weighted by Crippen LogP contribution is -2.24. The Morgan fingerprint density at radius 1 is 1.13 bits per heavy atom. The summed E-state index contributed by atoms with van der Waals surface area (Å²) >= 11 is 0. The number of rotatable bonds is 6. The minimum Gasteiger partial charge on any atom is -0.326 e. The lowest BCUT2D eigenvalue weighted by atomic mass is 9.97. The zero-order valence-corrected chi connectivity index (χ0v) is 17.7. The molecule has 0 unspecified atom stereocenters. The summed E-state index contributed by atoms with van der Waals surface area (Å²) in [5.74, 6) is -0.942. The number of anilines is 1. The van der Waals surface area contributed by atoms with Crippen molar-refractivity contribution in [3.63, 3.8) is 0 Å². The van der Waals surface area contributed by atoms with Crippen molar-refractivity contribution in [2.75, 3.05) is 19.4 Å². The molecule has 2 aromatic rings. The van der Waals surface area contributed by atoms with Gasteiger partial charge in [0.1, 0.15) is 0 Å². The van der Waals surface area contributed by atoms with Gasteiger partial charge in [-0.25, -0.2) is 0 Å². The maximum atomic E-state index is 12.6. The topological polar surface area (TPSA) is 78.8 Å². The second-order valence-corrected chi connectivity index (χ2v) is 7.27. The Bertz CT molecular complexity index is 1070. The number of amides is 3. The van der Waals surface area contributed by atoms with Crippen LogP contribution in [0.2, 0.25) is 0 Å². The SMILES string of the molecule is CC/C=C(\C=NC)c1ccc(NC(=O)Cc2cc(C)cc3c2C(=O)N(C)C3=O)cc1. The van der Waals surface area contributed by atoms with Gasteiger partial charge in [-0.2, -0.15) is 0 Å². The fourth-order valence-corrected chi connectivity index (χ4v) is 3.59. The number of carbonyl (C=O) groups is 3. The maximum Gasteiger partial charge on any atom is 0.261 e. The van der Waals surface area contributed by atoms with Crippen molar-refractivity contribution in [1.29, 1.82) is 0 Å². The highest BCUT2D eigenvalue weighted by atomic mass is 16.2. The average Bonchev–Trinajstić information content (AvgIpc) is 2.92. The Morgan fingerprint density at radius 2 is 1.83 bits per heavy atom. The number of benzene rings is 2. The summed E-state index contributed by atoms with van der Waals surface area (Å²) in [6.07, 6.45) is 4.82. The first kappa shape index (κ1) is 21.2. The van der Waals surface area contributed by atoms with Crippen LogP contribution in [0, 0.1) is 6.92 Å². The summed E-state index contributed by atoms with van der Waals surface area (Å²) in [7, 11) is 3.19. The highest BCUT2D eigenvalue weighted by Gasteiger charge is 2.35. The number of nitrogens with zero attached hydrogens (tertiary/aromatic N) is 2. The lowest BCUT2D eigenvalue weighted by Gasteiger charge is -2.10. The molecule has 1 aliphatic heterocycles. The van der Waals surface area contributed by atoms with Gasteiger partial charge >= 0.3 is 0 Å². The van der Waals surface area contributed by atoms with E-state index < -0.39 is 0 Å². The van der Waals surface area contributed by atoms with Gasteiger partial charge in [0.2, 0.25) is 5.91 Å². The standard InChI is InChI=1S/C24H25N3O3/c1-5-6-17(14-25-3)16-7-9-19(10-8-16)26-21(28)13-18-11-15(2)12-20-22(18)24(30)27(4)23(20)29/h6-12,14H,5,13H2,1-4H3,(H,26,28)/b17-6+,25-14?. The Balaban J connectivity index is 1.78. The molecule has 0 saturated heterocycles. The Kier molecular flexibility index (Phi) is 6.26. The number of hydrogen-bond acceptors (Lipinski definition) is 4. The molecule has 1 heterocycles. The summed E-state index contributed by atoms with van der Waals surface area (Å²) in [6.45, 7) is 3.91. The molecular formula is C24H25N3O3. The smallest absolute Gasteiger partial charge is 0.261 e. The molecular weight excluding hydrogens is 378 g/mol. The molecule has 3 rings (SSSR count). The molecule has 1 aliphatic rings. The molecule has 0 spiro atoms. The molecule has 0 radical (unpaired) electrons. The number of hydrogen-bond donors (Lipinski definition) is 1. The van der Waals surface area contributed by atoms with Crippen molar-refractivity contribution in [3.05, 3.63) is 70.3 Å². The van der Waals surface area contributed by atoms with Crippen LogP contribution in [0.4, 0.5) is 5.69 Å². The van der Waals surface area contributed by atoms with Gasteiger partial charge in [0.05, 0.1) is 17.5 Å². The highest BCUT2D eigenvalue weighted by molar-refractivity contribution is 6.22. The van der Waals surface area contributed by atoms with E-state index in [4.69, 9.17) is 0 Å². The van der Waals surface area contributed by atoms with E-state index in [1.807, 2.05) is 37.4 Å². The van der Waals surface area contributed by atoms with Gasteiger partial charge in [-0.1, -0.05) is 31.2 Å². The van der Waals surface area contributed by atoms with Crippen molar-refractivity contribution < 1.29 is 14.4 Å².